The molecule has 2 aliphatic heterocycles. The third-order valence-corrected chi connectivity index (χ3v) is 7.48. The predicted molar refractivity (Wildman–Crippen MR) is 145 cm³/mol. The summed E-state index contributed by atoms with van der Waals surface area (Å²) in [5, 5.41) is 1.07. The molecule has 4 heterocycles. The zero-order valence-corrected chi connectivity index (χ0v) is 21.7. The molecule has 1 fully saturated rings. The largest absolute Gasteiger partial charge is 0.485 e. The molecule has 0 aliphatic carbocycles. The van der Waals surface area contributed by atoms with E-state index in [0.717, 1.165) is 78.4 Å². The van der Waals surface area contributed by atoms with Gasteiger partial charge in [-0.15, -0.1) is 0 Å². The second-order valence-electron chi connectivity index (χ2n) is 10.0. The van der Waals surface area contributed by atoms with Gasteiger partial charge in [-0.3, -0.25) is 14.3 Å². The fourth-order valence-electron chi connectivity index (χ4n) is 5.40. The van der Waals surface area contributed by atoms with Gasteiger partial charge in [-0.2, -0.15) is 0 Å². The predicted octanol–water partition coefficient (Wildman–Crippen LogP) is 3.85. The Kier molecular flexibility index (Phi) is 6.45. The quantitative estimate of drug-likeness (QED) is 0.390. The molecule has 4 aromatic rings. The third kappa shape index (κ3) is 4.36. The molecule has 0 bridgehead atoms. The van der Waals surface area contributed by atoms with Crippen LogP contribution < -0.4 is 9.64 Å². The summed E-state index contributed by atoms with van der Waals surface area (Å²) in [6, 6.07) is 16.0. The van der Waals surface area contributed by atoms with Crippen molar-refractivity contribution >= 4 is 22.5 Å². The number of pyridine rings is 1. The second kappa shape index (κ2) is 10.1. The van der Waals surface area contributed by atoms with Crippen molar-refractivity contribution in [3.63, 3.8) is 0 Å². The Morgan fingerprint density at radius 1 is 1.03 bits per heavy atom. The normalized spacial score (nSPS) is 15.2. The van der Waals surface area contributed by atoms with Crippen molar-refractivity contribution in [2.24, 2.45) is 0 Å². The highest BCUT2D eigenvalue weighted by molar-refractivity contribution is 5.93. The highest BCUT2D eigenvalue weighted by Gasteiger charge is 2.27. The Hall–Kier alpha value is -3.98. The highest BCUT2D eigenvalue weighted by atomic mass is 19.1. The van der Waals surface area contributed by atoms with E-state index in [0.29, 0.717) is 18.0 Å². The van der Waals surface area contributed by atoms with Crippen LogP contribution in [0.5, 0.6) is 5.75 Å². The van der Waals surface area contributed by atoms with Gasteiger partial charge < -0.3 is 14.5 Å². The number of carbonyl (C=O) groups is 1. The summed E-state index contributed by atoms with van der Waals surface area (Å²) >= 11 is 0. The van der Waals surface area contributed by atoms with Gasteiger partial charge >= 0.3 is 0 Å². The van der Waals surface area contributed by atoms with Gasteiger partial charge in [0.15, 0.2) is 5.69 Å². The number of amides is 1. The lowest BCUT2D eigenvalue weighted by Crippen LogP contribution is -2.47. The van der Waals surface area contributed by atoms with Gasteiger partial charge in [0.25, 0.3) is 5.91 Å². The summed E-state index contributed by atoms with van der Waals surface area (Å²) in [5.41, 5.74) is 5.79. The van der Waals surface area contributed by atoms with Crippen molar-refractivity contribution in [3.8, 4) is 11.4 Å². The maximum absolute atomic E-state index is 13.1. The van der Waals surface area contributed by atoms with Crippen LogP contribution in [-0.4, -0.2) is 77.1 Å². The van der Waals surface area contributed by atoms with Crippen molar-refractivity contribution in [2.75, 3.05) is 51.7 Å². The van der Waals surface area contributed by atoms with E-state index >= 15 is 0 Å². The Balaban J connectivity index is 1.12. The number of imidazole rings is 1. The van der Waals surface area contributed by atoms with Gasteiger partial charge in [0, 0.05) is 57.9 Å². The molecule has 0 unspecified atom stereocenters. The monoisotopic (exact) mass is 514 g/mol. The molecule has 0 radical (unpaired) electrons. The fraction of sp³-hybridized carbons (Fsp3) is 0.345. The molecule has 1 saturated heterocycles. The lowest BCUT2D eigenvalue weighted by atomic mass is 10.1. The molecule has 2 aliphatic rings. The number of benzene rings is 2. The van der Waals surface area contributed by atoms with Crippen molar-refractivity contribution in [2.45, 2.75) is 19.7 Å². The van der Waals surface area contributed by atoms with E-state index in [1.54, 1.807) is 26.5 Å². The Bertz CT molecular complexity index is 1490. The summed E-state index contributed by atoms with van der Waals surface area (Å²) in [6.45, 7) is 4.49. The Morgan fingerprint density at radius 3 is 2.61 bits per heavy atom. The maximum Gasteiger partial charge on any atom is 0.273 e. The van der Waals surface area contributed by atoms with Gasteiger partial charge in [-0.1, -0.05) is 18.2 Å². The topological polar surface area (TPSA) is 66.7 Å². The number of hydrogen-bond acceptors (Lipinski definition) is 6. The molecule has 38 heavy (non-hydrogen) atoms. The number of carbonyl (C=O) groups excluding carboxylic acids is 1. The number of rotatable bonds is 6. The van der Waals surface area contributed by atoms with Crippen LogP contribution in [0, 0.1) is 0 Å². The van der Waals surface area contributed by atoms with Gasteiger partial charge in [0.1, 0.15) is 25.4 Å². The van der Waals surface area contributed by atoms with Gasteiger partial charge in [0.05, 0.1) is 22.6 Å². The van der Waals surface area contributed by atoms with E-state index in [9.17, 15) is 9.18 Å². The minimum absolute atomic E-state index is 0.120. The average Bonchev–Trinajstić information content (AvgIpc) is 3.40. The van der Waals surface area contributed by atoms with Crippen LogP contribution in [0.15, 0.2) is 54.9 Å². The number of alkyl halides is 1. The Labute approximate surface area is 221 Å². The average molecular weight is 515 g/mol. The van der Waals surface area contributed by atoms with Crippen LogP contribution in [0.3, 0.4) is 0 Å². The third-order valence-electron chi connectivity index (χ3n) is 7.48. The van der Waals surface area contributed by atoms with Crippen molar-refractivity contribution < 1.29 is 13.9 Å². The minimum atomic E-state index is -0.546. The number of ether oxygens (including phenoxy) is 1. The second-order valence-corrected chi connectivity index (χ2v) is 10.0. The molecular weight excluding hydrogens is 483 g/mol. The number of halogens is 1. The number of anilines is 1. The van der Waals surface area contributed by atoms with E-state index in [1.165, 1.54) is 4.90 Å². The first kappa shape index (κ1) is 24.4. The van der Waals surface area contributed by atoms with E-state index in [-0.39, 0.29) is 5.91 Å². The van der Waals surface area contributed by atoms with Crippen molar-refractivity contribution in [1.29, 1.82) is 0 Å². The van der Waals surface area contributed by atoms with E-state index in [2.05, 4.69) is 31.9 Å². The van der Waals surface area contributed by atoms with Gasteiger partial charge in [0.2, 0.25) is 0 Å². The molecule has 1 amide bonds. The van der Waals surface area contributed by atoms with Crippen LogP contribution in [0.2, 0.25) is 0 Å². The van der Waals surface area contributed by atoms with E-state index < -0.39 is 6.67 Å². The number of fused-ring (bicyclic) bond motifs is 4. The molecule has 2 aromatic heterocycles. The van der Waals surface area contributed by atoms with Crippen LogP contribution in [0.4, 0.5) is 10.1 Å². The lowest BCUT2D eigenvalue weighted by Gasteiger charge is -2.36. The number of piperazine rings is 1. The molecular formula is C29H31FN6O2. The molecule has 196 valence electrons. The highest BCUT2D eigenvalue weighted by Crippen LogP contribution is 2.35. The SMILES string of the molecule is CN(C)C(=O)c1ncn2c1COc1c(CCN3CCN(c4cccc5nc(CF)ccc45)CC3)cccc1-2. The maximum atomic E-state index is 13.1. The summed E-state index contributed by atoms with van der Waals surface area (Å²) < 4.78 is 21.2. The summed E-state index contributed by atoms with van der Waals surface area (Å²) in [6.07, 6.45) is 2.60. The minimum Gasteiger partial charge on any atom is -0.485 e. The summed E-state index contributed by atoms with van der Waals surface area (Å²) in [7, 11) is 3.46. The van der Waals surface area contributed by atoms with Crippen LogP contribution in [0.1, 0.15) is 27.4 Å². The zero-order valence-electron chi connectivity index (χ0n) is 21.7. The standard InChI is InChI=1S/C29H31FN6O2/c1-33(2)29(37)27-26-18-38-28-20(5-3-8-25(28)36(26)19-31-27)11-12-34-13-15-35(16-14-34)24-7-4-6-23-22(24)10-9-21(17-30)32-23/h3-10,19H,11-18H2,1-2H3. The number of para-hydroxylation sites is 1. The van der Waals surface area contributed by atoms with Gasteiger partial charge in [-0.05, 0) is 42.3 Å². The van der Waals surface area contributed by atoms with Crippen LogP contribution >= 0.6 is 0 Å². The van der Waals surface area contributed by atoms with E-state index in [1.807, 2.05) is 34.9 Å². The molecule has 0 N–H and O–H groups in total. The molecule has 0 atom stereocenters. The lowest BCUT2D eigenvalue weighted by molar-refractivity contribution is 0.0819. The number of nitrogens with zero attached hydrogens (tertiary/aromatic N) is 6. The van der Waals surface area contributed by atoms with Crippen LogP contribution in [0.25, 0.3) is 16.6 Å². The first-order chi connectivity index (χ1) is 18.5. The van der Waals surface area contributed by atoms with Crippen LogP contribution in [-0.2, 0) is 19.7 Å². The number of aromatic nitrogens is 3. The molecule has 9 heteroatoms. The smallest absolute Gasteiger partial charge is 0.273 e. The summed E-state index contributed by atoms with van der Waals surface area (Å²) in [4.78, 5) is 27.8. The van der Waals surface area contributed by atoms with E-state index in [4.69, 9.17) is 4.74 Å². The Morgan fingerprint density at radius 2 is 1.82 bits per heavy atom. The fourth-order valence-corrected chi connectivity index (χ4v) is 5.40. The molecule has 2 aromatic carbocycles. The number of hydrogen-bond donors (Lipinski definition) is 0. The van der Waals surface area contributed by atoms with Gasteiger partial charge in [-0.25, -0.2) is 14.4 Å². The first-order valence-corrected chi connectivity index (χ1v) is 13.0. The van der Waals surface area contributed by atoms with Crippen molar-refractivity contribution in [3.05, 3.63) is 77.5 Å². The van der Waals surface area contributed by atoms with Crippen molar-refractivity contribution in [1.82, 2.24) is 24.3 Å². The first-order valence-electron chi connectivity index (χ1n) is 13.0. The molecule has 6 rings (SSSR count). The summed E-state index contributed by atoms with van der Waals surface area (Å²) in [5.74, 6) is 0.751. The zero-order chi connectivity index (χ0) is 26.2. The molecule has 0 spiro atoms. The molecule has 0 saturated carbocycles. The molecule has 8 nitrogen and oxygen atoms in total.